The van der Waals surface area contributed by atoms with Gasteiger partial charge in [-0.2, -0.15) is 0 Å². The molecule has 4 rings (SSSR count). The van der Waals surface area contributed by atoms with Gasteiger partial charge in [0.1, 0.15) is 11.3 Å². The Labute approximate surface area is 187 Å². The molecule has 1 aromatic heterocycles. The Hall–Kier alpha value is -2.41. The summed E-state index contributed by atoms with van der Waals surface area (Å²) >= 11 is 6.45. The molecule has 1 aliphatic heterocycles. The van der Waals surface area contributed by atoms with E-state index >= 15 is 0 Å². The molecular weight excluding hydrogens is 412 g/mol. The van der Waals surface area contributed by atoms with E-state index in [-0.39, 0.29) is 0 Å². The minimum atomic E-state index is -0.441. The van der Waals surface area contributed by atoms with Crippen molar-refractivity contribution in [2.45, 2.75) is 32.7 Å². The Morgan fingerprint density at radius 2 is 1.97 bits per heavy atom. The first-order valence-electron chi connectivity index (χ1n) is 10.9. The molecule has 2 heterocycles. The number of hydrogen-bond donors (Lipinski definition) is 1. The molecule has 0 saturated carbocycles. The lowest BCUT2D eigenvalue weighted by molar-refractivity contribution is 0.0384. The normalized spacial score (nSPS) is 14.9. The van der Waals surface area contributed by atoms with Crippen LogP contribution in [0, 0.1) is 0 Å². The molecule has 0 unspecified atom stereocenters. The van der Waals surface area contributed by atoms with Crippen molar-refractivity contribution in [3.05, 3.63) is 63.9 Å². The third-order valence-electron chi connectivity index (χ3n) is 5.84. The minimum Gasteiger partial charge on any atom is -0.379 e. The van der Waals surface area contributed by atoms with Gasteiger partial charge in [0.15, 0.2) is 0 Å². The number of nitrogens with two attached hydrogens (primary N) is 1. The molecule has 0 aliphatic carbocycles. The smallest absolute Gasteiger partial charge is 0.250 e. The van der Waals surface area contributed by atoms with E-state index in [1.165, 1.54) is 0 Å². The lowest BCUT2D eigenvalue weighted by Gasteiger charge is -2.26. The van der Waals surface area contributed by atoms with Crippen LogP contribution in [0.1, 0.15) is 40.7 Å². The summed E-state index contributed by atoms with van der Waals surface area (Å²) in [5, 5.41) is 0.727. The van der Waals surface area contributed by atoms with E-state index in [0.29, 0.717) is 17.6 Å². The van der Waals surface area contributed by atoms with E-state index < -0.39 is 5.91 Å². The number of carbonyl (C=O) groups is 1. The van der Waals surface area contributed by atoms with Gasteiger partial charge >= 0.3 is 0 Å². The molecule has 1 saturated heterocycles. The molecule has 31 heavy (non-hydrogen) atoms. The highest BCUT2D eigenvalue weighted by atomic mass is 35.5. The monoisotopic (exact) mass is 440 g/mol. The molecule has 6 nitrogen and oxygen atoms in total. The molecule has 3 aromatic rings. The Balaban J connectivity index is 1.74. The van der Waals surface area contributed by atoms with E-state index in [9.17, 15) is 4.79 Å². The summed E-state index contributed by atoms with van der Waals surface area (Å²) in [5.41, 5.74) is 9.99. The second-order valence-corrected chi connectivity index (χ2v) is 8.44. The number of carbonyl (C=O) groups excluding carboxylic acids is 1. The van der Waals surface area contributed by atoms with Gasteiger partial charge in [0, 0.05) is 31.1 Å². The van der Waals surface area contributed by atoms with Crippen LogP contribution in [-0.4, -0.2) is 53.2 Å². The van der Waals surface area contributed by atoms with Crippen molar-refractivity contribution >= 4 is 28.5 Å². The molecule has 0 radical (unpaired) electrons. The van der Waals surface area contributed by atoms with Gasteiger partial charge in [-0.1, -0.05) is 36.7 Å². The fourth-order valence-electron chi connectivity index (χ4n) is 4.16. The van der Waals surface area contributed by atoms with E-state index in [1.54, 1.807) is 0 Å². The number of hydrogen-bond acceptors (Lipinski definition) is 4. The number of aromatic nitrogens is 2. The first-order chi connectivity index (χ1) is 15.1. The van der Waals surface area contributed by atoms with Crippen molar-refractivity contribution in [2.24, 2.45) is 5.73 Å². The van der Waals surface area contributed by atoms with Gasteiger partial charge in [-0.15, -0.1) is 0 Å². The van der Waals surface area contributed by atoms with Crippen LogP contribution in [0.5, 0.6) is 0 Å². The van der Waals surface area contributed by atoms with Crippen molar-refractivity contribution in [1.29, 1.82) is 0 Å². The van der Waals surface area contributed by atoms with Crippen molar-refractivity contribution in [3.8, 4) is 0 Å². The quantitative estimate of drug-likeness (QED) is 0.580. The molecule has 164 valence electrons. The number of ether oxygens (including phenoxy) is 1. The number of benzene rings is 2. The number of aryl methyl sites for hydroxylation is 1. The predicted octanol–water partition coefficient (Wildman–Crippen LogP) is 3.66. The van der Waals surface area contributed by atoms with Crippen LogP contribution in [0.15, 0.2) is 36.4 Å². The van der Waals surface area contributed by atoms with Crippen molar-refractivity contribution in [1.82, 2.24) is 14.5 Å². The van der Waals surface area contributed by atoms with Gasteiger partial charge in [-0.05, 0) is 42.2 Å². The molecule has 1 aliphatic rings. The fraction of sp³-hybridized carbons (Fsp3) is 0.417. The van der Waals surface area contributed by atoms with Crippen LogP contribution in [-0.2, 0) is 24.1 Å². The molecule has 2 N–H and O–H groups in total. The molecule has 2 aromatic carbocycles. The van der Waals surface area contributed by atoms with Gasteiger partial charge in [-0.25, -0.2) is 4.98 Å². The van der Waals surface area contributed by atoms with Crippen LogP contribution < -0.4 is 5.73 Å². The molecule has 1 fully saturated rings. The maximum atomic E-state index is 12.3. The zero-order valence-corrected chi connectivity index (χ0v) is 18.7. The van der Waals surface area contributed by atoms with Crippen LogP contribution in [0.4, 0.5) is 0 Å². The zero-order chi connectivity index (χ0) is 21.8. The van der Waals surface area contributed by atoms with E-state index in [1.807, 2.05) is 30.3 Å². The minimum absolute atomic E-state index is 0.441. The summed E-state index contributed by atoms with van der Waals surface area (Å²) in [6.07, 6.45) is 2.62. The number of primary amides is 1. The van der Waals surface area contributed by atoms with Crippen molar-refractivity contribution in [2.75, 3.05) is 32.8 Å². The summed E-state index contributed by atoms with van der Waals surface area (Å²) in [5.74, 6) is 0.508. The third kappa shape index (κ3) is 4.92. The van der Waals surface area contributed by atoms with E-state index in [0.717, 1.165) is 79.6 Å². The number of fused-ring (bicyclic) bond motifs is 1. The van der Waals surface area contributed by atoms with Crippen molar-refractivity contribution < 1.29 is 9.53 Å². The first kappa shape index (κ1) is 21.8. The van der Waals surface area contributed by atoms with Gasteiger partial charge in [0.05, 0.1) is 30.8 Å². The van der Waals surface area contributed by atoms with Crippen LogP contribution in [0.3, 0.4) is 0 Å². The number of nitrogens with zero attached hydrogens (tertiary/aromatic N) is 3. The Kier molecular flexibility index (Phi) is 6.90. The molecule has 0 bridgehead atoms. The average molecular weight is 441 g/mol. The third-order valence-corrected chi connectivity index (χ3v) is 6.21. The molecular formula is C24H29ClN4O2. The lowest BCUT2D eigenvalue weighted by Crippen LogP contribution is -2.37. The summed E-state index contributed by atoms with van der Waals surface area (Å²) in [7, 11) is 0. The second kappa shape index (κ2) is 9.81. The summed E-state index contributed by atoms with van der Waals surface area (Å²) in [6, 6.07) is 11.9. The van der Waals surface area contributed by atoms with Crippen molar-refractivity contribution in [3.63, 3.8) is 0 Å². The summed E-state index contributed by atoms with van der Waals surface area (Å²) < 4.78 is 7.63. The molecule has 1 amide bonds. The number of imidazole rings is 1. The maximum absolute atomic E-state index is 12.3. The first-order valence-corrected chi connectivity index (χ1v) is 11.3. The van der Waals surface area contributed by atoms with E-state index in [4.69, 9.17) is 27.1 Å². The van der Waals surface area contributed by atoms with Crippen LogP contribution in [0.2, 0.25) is 5.02 Å². The van der Waals surface area contributed by atoms with Gasteiger partial charge in [0.2, 0.25) is 0 Å². The molecule has 7 heteroatoms. The second-order valence-electron chi connectivity index (χ2n) is 8.03. The highest BCUT2D eigenvalue weighted by Crippen LogP contribution is 2.26. The molecule has 0 spiro atoms. The molecule has 0 atom stereocenters. The summed E-state index contributed by atoms with van der Waals surface area (Å²) in [6.45, 7) is 7.09. The Morgan fingerprint density at radius 1 is 1.19 bits per heavy atom. The topological polar surface area (TPSA) is 73.4 Å². The number of morpholine rings is 1. The highest BCUT2D eigenvalue weighted by molar-refractivity contribution is 6.31. The van der Waals surface area contributed by atoms with Crippen LogP contribution >= 0.6 is 11.6 Å². The van der Waals surface area contributed by atoms with E-state index in [2.05, 4.69) is 22.5 Å². The Morgan fingerprint density at radius 3 is 2.68 bits per heavy atom. The SMILES string of the molecule is CCCc1nc2c(C(N)=O)cc(CCN3CCOCC3)cc2n1Cc1ccccc1Cl. The Bertz CT molecular complexity index is 1070. The average Bonchev–Trinajstić information content (AvgIpc) is 3.11. The largest absolute Gasteiger partial charge is 0.379 e. The fourth-order valence-corrected chi connectivity index (χ4v) is 4.36. The predicted molar refractivity (Wildman–Crippen MR) is 124 cm³/mol. The van der Waals surface area contributed by atoms with Crippen LogP contribution in [0.25, 0.3) is 11.0 Å². The lowest BCUT2D eigenvalue weighted by atomic mass is 10.0. The van der Waals surface area contributed by atoms with Gasteiger partial charge < -0.3 is 15.0 Å². The summed E-state index contributed by atoms with van der Waals surface area (Å²) in [4.78, 5) is 19.5. The van der Waals surface area contributed by atoms with Gasteiger partial charge in [0.25, 0.3) is 5.91 Å². The highest BCUT2D eigenvalue weighted by Gasteiger charge is 2.19. The van der Waals surface area contributed by atoms with Gasteiger partial charge in [-0.3, -0.25) is 9.69 Å². The maximum Gasteiger partial charge on any atom is 0.250 e. The number of amides is 1. The zero-order valence-electron chi connectivity index (χ0n) is 17.9. The standard InChI is InChI=1S/C24H29ClN4O2/c1-2-5-22-27-23-19(24(26)30)14-17(8-9-28-10-12-31-13-11-28)15-21(23)29(22)16-18-6-3-4-7-20(18)25/h3-4,6-7,14-15H,2,5,8-13,16H2,1H3,(H2,26,30). The number of halogens is 1. The number of rotatable bonds is 8.